The van der Waals surface area contributed by atoms with Gasteiger partial charge >= 0.3 is 0 Å². The number of hydrogen-bond acceptors (Lipinski definition) is 5. The van der Waals surface area contributed by atoms with Gasteiger partial charge in [0, 0.05) is 43.4 Å². The number of rotatable bonds is 8. The third-order valence-electron chi connectivity index (χ3n) is 5.16. The minimum Gasteiger partial charge on any atom is -0.497 e. The summed E-state index contributed by atoms with van der Waals surface area (Å²) in [6.45, 7) is 3.15. The minimum absolute atomic E-state index is 0.130. The van der Waals surface area contributed by atoms with Gasteiger partial charge in [-0.05, 0) is 24.3 Å². The van der Waals surface area contributed by atoms with Crippen LogP contribution in [-0.2, 0) is 17.7 Å². The fourth-order valence-corrected chi connectivity index (χ4v) is 3.53. The molecule has 1 aromatic heterocycles. The average Bonchev–Trinajstić information content (AvgIpc) is 3.25. The van der Waals surface area contributed by atoms with Crippen LogP contribution in [0.25, 0.3) is 0 Å². The molecule has 2 heterocycles. The molecule has 1 saturated heterocycles. The van der Waals surface area contributed by atoms with E-state index in [0.717, 1.165) is 29.4 Å². The van der Waals surface area contributed by atoms with E-state index < -0.39 is 0 Å². The van der Waals surface area contributed by atoms with E-state index in [9.17, 15) is 4.39 Å². The van der Waals surface area contributed by atoms with E-state index in [-0.39, 0.29) is 11.9 Å². The molecule has 6 nitrogen and oxygen atoms in total. The van der Waals surface area contributed by atoms with Crippen LogP contribution in [-0.4, -0.2) is 48.5 Å². The molecule has 0 radical (unpaired) electrons. The first-order chi connectivity index (χ1) is 14.7. The van der Waals surface area contributed by atoms with Crippen LogP contribution in [0.3, 0.4) is 0 Å². The van der Waals surface area contributed by atoms with Gasteiger partial charge in [-0.3, -0.25) is 10.00 Å². The number of aromatic nitrogens is 2. The Kier molecular flexibility index (Phi) is 6.61. The van der Waals surface area contributed by atoms with E-state index in [1.165, 1.54) is 6.07 Å². The highest BCUT2D eigenvalue weighted by atomic mass is 19.1. The van der Waals surface area contributed by atoms with Gasteiger partial charge < -0.3 is 14.2 Å². The molecule has 2 aromatic carbocycles. The van der Waals surface area contributed by atoms with Crippen molar-refractivity contribution in [2.45, 2.75) is 19.1 Å². The maximum Gasteiger partial charge on any atom is 0.127 e. The Morgan fingerprint density at radius 1 is 1.17 bits per heavy atom. The number of hydrogen-bond donors (Lipinski definition) is 1. The molecule has 158 valence electrons. The van der Waals surface area contributed by atoms with Crippen molar-refractivity contribution in [1.82, 2.24) is 15.1 Å². The number of ether oxygens (including phenoxy) is 3. The molecule has 1 aliphatic rings. The smallest absolute Gasteiger partial charge is 0.127 e. The van der Waals surface area contributed by atoms with Crippen molar-refractivity contribution >= 4 is 0 Å². The standard InChI is InChI=1S/C23H26FN3O3/c1-28-19-6-4-7-20(14-19)29-11-9-18-13-22(26-25-18)23-16-27(10-12-30-23)15-17-5-2-3-8-21(17)24/h2-8,13-14,23H,9-12,15-16H2,1H3,(H,25,26)/t23-/m1/s1. The van der Waals surface area contributed by atoms with Gasteiger partial charge in [-0.15, -0.1) is 0 Å². The molecule has 7 heteroatoms. The molecule has 0 unspecified atom stereocenters. The fourth-order valence-electron chi connectivity index (χ4n) is 3.53. The highest BCUT2D eigenvalue weighted by Gasteiger charge is 2.24. The summed E-state index contributed by atoms with van der Waals surface area (Å²) < 4.78 is 30.9. The van der Waals surface area contributed by atoms with Gasteiger partial charge in [0.1, 0.15) is 23.4 Å². The summed E-state index contributed by atoms with van der Waals surface area (Å²) in [6.07, 6.45) is 0.574. The van der Waals surface area contributed by atoms with Gasteiger partial charge in [-0.25, -0.2) is 4.39 Å². The van der Waals surface area contributed by atoms with E-state index in [1.807, 2.05) is 42.5 Å². The number of methoxy groups -OCH3 is 1. The minimum atomic E-state index is -0.168. The van der Waals surface area contributed by atoms with Gasteiger partial charge in [-0.1, -0.05) is 24.3 Å². The maximum absolute atomic E-state index is 14.0. The molecule has 1 fully saturated rings. The molecule has 0 bridgehead atoms. The molecule has 0 spiro atoms. The number of halogens is 1. The van der Waals surface area contributed by atoms with Gasteiger partial charge in [0.05, 0.1) is 26.0 Å². The first kappa shape index (κ1) is 20.4. The zero-order valence-electron chi connectivity index (χ0n) is 17.0. The second kappa shape index (κ2) is 9.73. The monoisotopic (exact) mass is 411 g/mol. The van der Waals surface area contributed by atoms with Gasteiger partial charge in [0.15, 0.2) is 0 Å². The first-order valence-corrected chi connectivity index (χ1v) is 10.1. The number of aromatic amines is 1. The number of benzene rings is 2. The van der Waals surface area contributed by atoms with Crippen molar-refractivity contribution < 1.29 is 18.6 Å². The molecular weight excluding hydrogens is 385 g/mol. The summed E-state index contributed by atoms with van der Waals surface area (Å²) in [5, 5.41) is 7.50. The Labute approximate surface area is 175 Å². The summed E-state index contributed by atoms with van der Waals surface area (Å²) >= 11 is 0. The van der Waals surface area contributed by atoms with Crippen molar-refractivity contribution in [3.63, 3.8) is 0 Å². The van der Waals surface area contributed by atoms with Crippen LogP contribution in [0.1, 0.15) is 23.1 Å². The van der Waals surface area contributed by atoms with Gasteiger partial charge in [0.25, 0.3) is 0 Å². The van der Waals surface area contributed by atoms with E-state index in [1.54, 1.807) is 13.2 Å². The highest BCUT2D eigenvalue weighted by molar-refractivity contribution is 5.32. The molecule has 1 N–H and O–H groups in total. The lowest BCUT2D eigenvalue weighted by atomic mass is 10.1. The largest absolute Gasteiger partial charge is 0.497 e. The van der Waals surface area contributed by atoms with Crippen LogP contribution in [0.15, 0.2) is 54.6 Å². The fraction of sp³-hybridized carbons (Fsp3) is 0.348. The molecule has 0 saturated carbocycles. The van der Waals surface area contributed by atoms with Crippen LogP contribution in [0.5, 0.6) is 11.5 Å². The lowest BCUT2D eigenvalue weighted by Gasteiger charge is -2.32. The normalized spacial score (nSPS) is 17.1. The number of nitrogens with zero attached hydrogens (tertiary/aromatic N) is 2. The molecule has 4 rings (SSSR count). The zero-order valence-corrected chi connectivity index (χ0v) is 17.0. The van der Waals surface area contributed by atoms with Crippen molar-refractivity contribution in [2.24, 2.45) is 0 Å². The van der Waals surface area contributed by atoms with Crippen LogP contribution >= 0.6 is 0 Å². The Bertz CT molecular complexity index is 962. The quantitative estimate of drug-likeness (QED) is 0.612. The number of nitrogens with one attached hydrogen (secondary N) is 1. The third kappa shape index (κ3) is 5.17. The van der Waals surface area contributed by atoms with Crippen LogP contribution in [0.2, 0.25) is 0 Å². The van der Waals surface area contributed by atoms with Crippen molar-refractivity contribution in [2.75, 3.05) is 33.4 Å². The summed E-state index contributed by atoms with van der Waals surface area (Å²) in [5.41, 5.74) is 2.56. The van der Waals surface area contributed by atoms with E-state index in [0.29, 0.717) is 38.3 Å². The summed E-state index contributed by atoms with van der Waals surface area (Å²) in [5.74, 6) is 1.37. The summed E-state index contributed by atoms with van der Waals surface area (Å²) in [7, 11) is 1.63. The second-order valence-electron chi connectivity index (χ2n) is 7.28. The Hall–Kier alpha value is -2.90. The third-order valence-corrected chi connectivity index (χ3v) is 5.16. The molecule has 1 aliphatic heterocycles. The van der Waals surface area contributed by atoms with Crippen LogP contribution < -0.4 is 9.47 Å². The topological polar surface area (TPSA) is 59.6 Å². The molecule has 3 aromatic rings. The second-order valence-corrected chi connectivity index (χ2v) is 7.28. The zero-order chi connectivity index (χ0) is 20.8. The van der Waals surface area contributed by atoms with E-state index in [2.05, 4.69) is 15.1 Å². The predicted octanol–water partition coefficient (Wildman–Crippen LogP) is 3.75. The molecular formula is C23H26FN3O3. The summed E-state index contributed by atoms with van der Waals surface area (Å²) in [4.78, 5) is 2.20. The van der Waals surface area contributed by atoms with Crippen molar-refractivity contribution in [3.8, 4) is 11.5 Å². The Balaban J connectivity index is 1.30. The molecule has 0 aliphatic carbocycles. The van der Waals surface area contributed by atoms with Crippen LogP contribution in [0.4, 0.5) is 4.39 Å². The van der Waals surface area contributed by atoms with E-state index >= 15 is 0 Å². The maximum atomic E-state index is 14.0. The SMILES string of the molecule is COc1cccc(OCCc2cc([C@H]3CN(Cc4ccccc4F)CCO3)n[nH]2)c1. The van der Waals surface area contributed by atoms with Crippen molar-refractivity contribution in [3.05, 3.63) is 77.4 Å². The van der Waals surface area contributed by atoms with Gasteiger partial charge in [-0.2, -0.15) is 5.10 Å². The summed E-state index contributed by atoms with van der Waals surface area (Å²) in [6, 6.07) is 16.5. The Morgan fingerprint density at radius 3 is 2.90 bits per heavy atom. The molecule has 0 amide bonds. The van der Waals surface area contributed by atoms with Gasteiger partial charge in [0.2, 0.25) is 0 Å². The van der Waals surface area contributed by atoms with Crippen LogP contribution in [0, 0.1) is 5.82 Å². The molecule has 1 atom stereocenters. The lowest BCUT2D eigenvalue weighted by Crippen LogP contribution is -2.38. The first-order valence-electron chi connectivity index (χ1n) is 10.1. The predicted molar refractivity (Wildman–Crippen MR) is 111 cm³/mol. The van der Waals surface area contributed by atoms with E-state index in [4.69, 9.17) is 14.2 Å². The lowest BCUT2D eigenvalue weighted by molar-refractivity contribution is -0.0352. The molecule has 30 heavy (non-hydrogen) atoms. The van der Waals surface area contributed by atoms with Crippen molar-refractivity contribution in [1.29, 1.82) is 0 Å². The highest BCUT2D eigenvalue weighted by Crippen LogP contribution is 2.23. The number of H-pyrrole nitrogens is 1. The average molecular weight is 411 g/mol. The number of morpholine rings is 1. The Morgan fingerprint density at radius 2 is 2.03 bits per heavy atom.